The minimum atomic E-state index is -0.201. The number of hydrogen-bond donors (Lipinski definition) is 1. The molecule has 1 N–H and O–H groups in total. The van der Waals surface area contributed by atoms with E-state index in [1.165, 1.54) is 11.4 Å². The van der Waals surface area contributed by atoms with Crippen LogP contribution in [0.5, 0.6) is 0 Å². The van der Waals surface area contributed by atoms with Crippen LogP contribution in [0.4, 0.5) is 0 Å². The first kappa shape index (κ1) is 16.0. The van der Waals surface area contributed by atoms with Gasteiger partial charge in [0.2, 0.25) is 0 Å². The molecule has 1 aromatic carbocycles. The molecule has 0 bridgehead atoms. The van der Waals surface area contributed by atoms with Gasteiger partial charge >= 0.3 is 0 Å². The van der Waals surface area contributed by atoms with Crippen molar-refractivity contribution >= 4 is 12.1 Å². The summed E-state index contributed by atoms with van der Waals surface area (Å²) in [7, 11) is 0. The fraction of sp³-hybridized carbons (Fsp3) is 0.333. The van der Waals surface area contributed by atoms with Crippen molar-refractivity contribution in [1.29, 1.82) is 0 Å². The standard InChI is InChI=1S/C18H23N3O/c1-13(2)12-21-14(3)10-17(15(21)4)11-19-20-18(22)16-8-6-5-7-9-16/h5-11,13H,12H2,1-4H3,(H,20,22)/b19-11+. The largest absolute Gasteiger partial charge is 0.348 e. The molecule has 0 spiro atoms. The number of aryl methyl sites for hydroxylation is 1. The van der Waals surface area contributed by atoms with E-state index in [4.69, 9.17) is 0 Å². The van der Waals surface area contributed by atoms with Crippen molar-refractivity contribution in [2.45, 2.75) is 34.2 Å². The molecule has 2 aromatic rings. The van der Waals surface area contributed by atoms with Gasteiger partial charge in [0.15, 0.2) is 0 Å². The second-order valence-electron chi connectivity index (χ2n) is 5.90. The second-order valence-corrected chi connectivity index (χ2v) is 5.90. The van der Waals surface area contributed by atoms with Gasteiger partial charge in [-0.2, -0.15) is 5.10 Å². The van der Waals surface area contributed by atoms with Crippen molar-refractivity contribution < 1.29 is 4.79 Å². The van der Waals surface area contributed by atoms with E-state index in [9.17, 15) is 4.79 Å². The number of carbonyl (C=O) groups excluding carboxylic acids is 1. The number of hydrazone groups is 1. The van der Waals surface area contributed by atoms with Crippen LogP contribution in [0.1, 0.15) is 41.2 Å². The van der Waals surface area contributed by atoms with Gasteiger partial charge in [0, 0.05) is 29.1 Å². The Kier molecular flexibility index (Phi) is 5.15. The molecule has 1 aromatic heterocycles. The molecule has 116 valence electrons. The Labute approximate surface area is 131 Å². The summed E-state index contributed by atoms with van der Waals surface area (Å²) in [5.41, 5.74) is 6.58. The van der Waals surface area contributed by atoms with Crippen molar-refractivity contribution in [2.75, 3.05) is 0 Å². The third-order valence-electron chi connectivity index (χ3n) is 3.57. The third-order valence-corrected chi connectivity index (χ3v) is 3.57. The summed E-state index contributed by atoms with van der Waals surface area (Å²) in [6, 6.07) is 11.2. The zero-order valence-electron chi connectivity index (χ0n) is 13.6. The summed E-state index contributed by atoms with van der Waals surface area (Å²) in [6.45, 7) is 9.56. The van der Waals surface area contributed by atoms with Gasteiger partial charge in [-0.3, -0.25) is 4.79 Å². The summed E-state index contributed by atoms with van der Waals surface area (Å²) in [5.74, 6) is 0.389. The van der Waals surface area contributed by atoms with Gasteiger partial charge in [-0.05, 0) is 38.0 Å². The molecule has 0 aliphatic carbocycles. The Morgan fingerprint density at radius 1 is 1.27 bits per heavy atom. The van der Waals surface area contributed by atoms with Crippen LogP contribution < -0.4 is 5.43 Å². The molecular weight excluding hydrogens is 274 g/mol. The average molecular weight is 297 g/mol. The lowest BCUT2D eigenvalue weighted by atomic mass is 10.2. The van der Waals surface area contributed by atoms with E-state index in [0.29, 0.717) is 11.5 Å². The van der Waals surface area contributed by atoms with Crippen LogP contribution in [-0.4, -0.2) is 16.7 Å². The second kappa shape index (κ2) is 7.07. The molecule has 0 unspecified atom stereocenters. The maximum Gasteiger partial charge on any atom is 0.271 e. The summed E-state index contributed by atoms with van der Waals surface area (Å²) in [4.78, 5) is 11.9. The molecule has 0 atom stereocenters. The van der Waals surface area contributed by atoms with E-state index in [0.717, 1.165) is 12.1 Å². The molecule has 0 saturated heterocycles. The van der Waals surface area contributed by atoms with E-state index in [2.05, 4.69) is 48.9 Å². The van der Waals surface area contributed by atoms with Crippen LogP contribution in [-0.2, 0) is 6.54 Å². The van der Waals surface area contributed by atoms with Crippen molar-refractivity contribution in [3.8, 4) is 0 Å². The van der Waals surface area contributed by atoms with Crippen LogP contribution in [0.3, 0.4) is 0 Å². The number of carbonyl (C=O) groups is 1. The first-order valence-corrected chi connectivity index (χ1v) is 7.54. The topological polar surface area (TPSA) is 46.4 Å². The zero-order chi connectivity index (χ0) is 16.1. The highest BCUT2D eigenvalue weighted by molar-refractivity contribution is 5.94. The maximum atomic E-state index is 11.9. The summed E-state index contributed by atoms with van der Waals surface area (Å²) >= 11 is 0. The van der Waals surface area contributed by atoms with E-state index < -0.39 is 0 Å². The minimum Gasteiger partial charge on any atom is -0.348 e. The maximum absolute atomic E-state index is 11.9. The Morgan fingerprint density at radius 3 is 2.59 bits per heavy atom. The van der Waals surface area contributed by atoms with Gasteiger partial charge in [0.25, 0.3) is 5.91 Å². The van der Waals surface area contributed by atoms with Gasteiger partial charge in [0.05, 0.1) is 6.21 Å². The van der Waals surface area contributed by atoms with Crippen molar-refractivity contribution in [2.24, 2.45) is 11.0 Å². The Bertz CT molecular complexity index is 669. The molecule has 1 amide bonds. The van der Waals surface area contributed by atoms with Crippen LogP contribution >= 0.6 is 0 Å². The van der Waals surface area contributed by atoms with Crippen molar-refractivity contribution in [1.82, 2.24) is 9.99 Å². The average Bonchev–Trinajstić information content (AvgIpc) is 2.75. The van der Waals surface area contributed by atoms with Gasteiger partial charge in [-0.15, -0.1) is 0 Å². The number of rotatable bonds is 5. The lowest BCUT2D eigenvalue weighted by molar-refractivity contribution is 0.0955. The monoisotopic (exact) mass is 297 g/mol. The highest BCUT2D eigenvalue weighted by Gasteiger charge is 2.09. The SMILES string of the molecule is Cc1cc(/C=N/NC(=O)c2ccccc2)c(C)n1CC(C)C. The molecular formula is C18H23N3O. The van der Waals surface area contributed by atoms with Crippen LogP contribution in [0, 0.1) is 19.8 Å². The smallest absolute Gasteiger partial charge is 0.271 e. The zero-order valence-corrected chi connectivity index (χ0v) is 13.6. The van der Waals surface area contributed by atoms with E-state index in [-0.39, 0.29) is 5.91 Å². The molecule has 1 heterocycles. The summed E-state index contributed by atoms with van der Waals surface area (Å²) in [6.07, 6.45) is 1.71. The number of amides is 1. The number of hydrogen-bond acceptors (Lipinski definition) is 2. The van der Waals surface area contributed by atoms with E-state index in [1.807, 2.05) is 18.2 Å². The van der Waals surface area contributed by atoms with Crippen molar-refractivity contribution in [3.05, 3.63) is 58.9 Å². The van der Waals surface area contributed by atoms with Gasteiger partial charge in [-0.25, -0.2) is 5.43 Å². The molecule has 0 aliphatic heterocycles. The van der Waals surface area contributed by atoms with Gasteiger partial charge in [-0.1, -0.05) is 32.0 Å². The quantitative estimate of drug-likeness (QED) is 0.666. The predicted molar refractivity (Wildman–Crippen MR) is 90.2 cm³/mol. The number of benzene rings is 1. The van der Waals surface area contributed by atoms with Crippen LogP contribution in [0.2, 0.25) is 0 Å². The van der Waals surface area contributed by atoms with Crippen molar-refractivity contribution in [3.63, 3.8) is 0 Å². The first-order chi connectivity index (χ1) is 10.5. The fourth-order valence-electron chi connectivity index (χ4n) is 2.42. The molecule has 22 heavy (non-hydrogen) atoms. The lowest BCUT2D eigenvalue weighted by Crippen LogP contribution is -2.17. The molecule has 4 heteroatoms. The number of aromatic nitrogens is 1. The molecule has 0 saturated carbocycles. The number of nitrogens with one attached hydrogen (secondary N) is 1. The van der Waals surface area contributed by atoms with Gasteiger partial charge in [0.1, 0.15) is 0 Å². The highest BCUT2D eigenvalue weighted by atomic mass is 16.2. The third kappa shape index (κ3) is 3.85. The Hall–Kier alpha value is -2.36. The van der Waals surface area contributed by atoms with Crippen LogP contribution in [0.15, 0.2) is 41.5 Å². The van der Waals surface area contributed by atoms with Gasteiger partial charge < -0.3 is 4.57 Å². The van der Waals surface area contributed by atoms with E-state index >= 15 is 0 Å². The van der Waals surface area contributed by atoms with Crippen LogP contribution in [0.25, 0.3) is 0 Å². The minimum absolute atomic E-state index is 0.201. The molecule has 0 radical (unpaired) electrons. The van der Waals surface area contributed by atoms with E-state index in [1.54, 1.807) is 18.3 Å². The first-order valence-electron chi connectivity index (χ1n) is 7.54. The Morgan fingerprint density at radius 2 is 1.95 bits per heavy atom. The molecule has 4 nitrogen and oxygen atoms in total. The fourth-order valence-corrected chi connectivity index (χ4v) is 2.42. The molecule has 2 rings (SSSR count). The normalized spacial score (nSPS) is 11.3. The molecule has 0 aliphatic rings. The number of nitrogens with zero attached hydrogens (tertiary/aromatic N) is 2. The summed E-state index contributed by atoms with van der Waals surface area (Å²) < 4.78 is 2.28. The summed E-state index contributed by atoms with van der Waals surface area (Å²) in [5, 5.41) is 4.07. The lowest BCUT2D eigenvalue weighted by Gasteiger charge is -2.11. The Balaban J connectivity index is 2.06. The molecule has 0 fully saturated rings. The predicted octanol–water partition coefficient (Wildman–Crippen LogP) is 3.52. The highest BCUT2D eigenvalue weighted by Crippen LogP contribution is 2.15.